The van der Waals surface area contributed by atoms with E-state index in [1.54, 1.807) is 5.38 Å². The van der Waals surface area contributed by atoms with E-state index in [4.69, 9.17) is 0 Å². The van der Waals surface area contributed by atoms with Gasteiger partial charge in [0, 0.05) is 11.1 Å². The largest absolute Gasteiger partial charge is 0.545 e. The molecule has 6 heteroatoms. The molecule has 0 spiro atoms. The Bertz CT molecular complexity index is 677. The number of hydrogen-bond donors (Lipinski definition) is 1. The van der Waals surface area contributed by atoms with E-state index < -0.39 is 17.7 Å². The van der Waals surface area contributed by atoms with Gasteiger partial charge in [0.05, 0.1) is 5.97 Å². The number of rotatable bonds is 4. The Morgan fingerprint density at radius 1 is 1.24 bits per heavy atom. The summed E-state index contributed by atoms with van der Waals surface area (Å²) in [5.74, 6) is -2.25. The van der Waals surface area contributed by atoms with Crippen LogP contribution in [0, 0.1) is 5.82 Å². The molecular formula is C15H13FNO3S-. The maximum Gasteiger partial charge on any atom is 0.256 e. The Balaban J connectivity index is 2.29. The second-order valence-electron chi connectivity index (χ2n) is 4.80. The van der Waals surface area contributed by atoms with Gasteiger partial charge in [-0.2, -0.15) is 0 Å². The van der Waals surface area contributed by atoms with Crippen molar-refractivity contribution in [2.45, 2.75) is 19.8 Å². The second-order valence-corrected chi connectivity index (χ2v) is 5.68. The van der Waals surface area contributed by atoms with Crippen LogP contribution in [0.25, 0.3) is 0 Å². The molecule has 110 valence electrons. The van der Waals surface area contributed by atoms with Crippen LogP contribution in [0.4, 0.5) is 9.39 Å². The standard InChI is InChI=1S/C15H14FNO3S/c1-8(2)11-7-21-14(12(11)15(19)20)17-13(18)9-3-5-10(16)6-4-9/h3-8H,1-2H3,(H,17,18)(H,19,20)/p-1. The summed E-state index contributed by atoms with van der Waals surface area (Å²) in [6.45, 7) is 3.72. The van der Waals surface area contributed by atoms with Gasteiger partial charge in [0.2, 0.25) is 0 Å². The topological polar surface area (TPSA) is 69.2 Å². The zero-order chi connectivity index (χ0) is 15.6. The van der Waals surface area contributed by atoms with E-state index in [2.05, 4.69) is 5.32 Å². The Kier molecular flexibility index (Phi) is 4.37. The number of amides is 1. The van der Waals surface area contributed by atoms with Crippen molar-refractivity contribution < 1.29 is 19.1 Å². The Labute approximate surface area is 125 Å². The molecule has 0 saturated carbocycles. The monoisotopic (exact) mass is 306 g/mol. The maximum atomic E-state index is 12.8. The van der Waals surface area contributed by atoms with Crippen LogP contribution in [0.1, 0.15) is 46.0 Å². The average Bonchev–Trinajstić information content (AvgIpc) is 2.83. The molecule has 1 aromatic heterocycles. The van der Waals surface area contributed by atoms with Crippen LogP contribution in [0.5, 0.6) is 0 Å². The SMILES string of the molecule is CC(C)c1csc(NC(=O)c2ccc(F)cc2)c1C(=O)[O-]. The summed E-state index contributed by atoms with van der Waals surface area (Å²) in [4.78, 5) is 23.3. The van der Waals surface area contributed by atoms with Crippen LogP contribution in [0.2, 0.25) is 0 Å². The van der Waals surface area contributed by atoms with Crippen molar-refractivity contribution in [1.82, 2.24) is 0 Å². The predicted molar refractivity (Wildman–Crippen MR) is 77.1 cm³/mol. The summed E-state index contributed by atoms with van der Waals surface area (Å²) in [6.07, 6.45) is 0. The van der Waals surface area contributed by atoms with Crippen molar-refractivity contribution in [3.05, 3.63) is 52.2 Å². The van der Waals surface area contributed by atoms with Crippen molar-refractivity contribution in [2.24, 2.45) is 0 Å². The van der Waals surface area contributed by atoms with E-state index in [1.807, 2.05) is 13.8 Å². The van der Waals surface area contributed by atoms with Crippen molar-refractivity contribution in [3.8, 4) is 0 Å². The molecule has 0 atom stereocenters. The van der Waals surface area contributed by atoms with E-state index in [1.165, 1.54) is 24.3 Å². The van der Waals surface area contributed by atoms with E-state index in [0.29, 0.717) is 5.56 Å². The summed E-state index contributed by atoms with van der Waals surface area (Å²) in [5, 5.41) is 15.7. The van der Waals surface area contributed by atoms with E-state index in [-0.39, 0.29) is 22.0 Å². The minimum Gasteiger partial charge on any atom is -0.545 e. The number of thiophene rings is 1. The quantitative estimate of drug-likeness (QED) is 0.944. The van der Waals surface area contributed by atoms with E-state index in [0.717, 1.165) is 11.3 Å². The molecule has 21 heavy (non-hydrogen) atoms. The molecule has 0 saturated heterocycles. The molecule has 0 fully saturated rings. The number of carbonyl (C=O) groups excluding carboxylic acids is 2. The summed E-state index contributed by atoms with van der Waals surface area (Å²) in [5.41, 5.74) is 0.875. The zero-order valence-corrected chi connectivity index (χ0v) is 12.3. The maximum absolute atomic E-state index is 12.8. The molecule has 2 rings (SSSR count). The normalized spacial score (nSPS) is 10.7. The highest BCUT2D eigenvalue weighted by molar-refractivity contribution is 7.15. The lowest BCUT2D eigenvalue weighted by molar-refractivity contribution is -0.255. The third-order valence-corrected chi connectivity index (χ3v) is 3.89. The number of nitrogens with one attached hydrogen (secondary N) is 1. The summed E-state index contributed by atoms with van der Waals surface area (Å²) in [7, 11) is 0. The molecule has 0 bridgehead atoms. The van der Waals surface area contributed by atoms with Gasteiger partial charge in [-0.05, 0) is 41.1 Å². The van der Waals surface area contributed by atoms with Crippen LogP contribution in [0.3, 0.4) is 0 Å². The van der Waals surface area contributed by atoms with Crippen molar-refractivity contribution in [2.75, 3.05) is 5.32 Å². The number of carboxylic acid groups (broad SMARTS) is 1. The summed E-state index contributed by atoms with van der Waals surface area (Å²) < 4.78 is 12.8. The molecule has 4 nitrogen and oxygen atoms in total. The molecule has 1 aromatic carbocycles. The Morgan fingerprint density at radius 3 is 2.38 bits per heavy atom. The fourth-order valence-electron chi connectivity index (χ4n) is 1.88. The van der Waals surface area contributed by atoms with Crippen LogP contribution in [-0.4, -0.2) is 11.9 Å². The number of hydrogen-bond acceptors (Lipinski definition) is 4. The van der Waals surface area contributed by atoms with Crippen LogP contribution in [-0.2, 0) is 0 Å². The lowest BCUT2D eigenvalue weighted by atomic mass is 10.0. The molecular weight excluding hydrogens is 293 g/mol. The van der Waals surface area contributed by atoms with Gasteiger partial charge in [0.1, 0.15) is 10.8 Å². The smallest absolute Gasteiger partial charge is 0.256 e. The van der Waals surface area contributed by atoms with Crippen molar-refractivity contribution in [3.63, 3.8) is 0 Å². The Hall–Kier alpha value is -2.21. The van der Waals surface area contributed by atoms with Gasteiger partial charge >= 0.3 is 0 Å². The minimum absolute atomic E-state index is 0.00506. The van der Waals surface area contributed by atoms with E-state index >= 15 is 0 Å². The first-order valence-electron chi connectivity index (χ1n) is 6.29. The number of carbonyl (C=O) groups is 2. The molecule has 0 aliphatic heterocycles. The van der Waals surface area contributed by atoms with Gasteiger partial charge in [-0.15, -0.1) is 11.3 Å². The van der Waals surface area contributed by atoms with Crippen LogP contribution >= 0.6 is 11.3 Å². The second kappa shape index (κ2) is 6.05. The highest BCUT2D eigenvalue weighted by Gasteiger charge is 2.17. The zero-order valence-electron chi connectivity index (χ0n) is 11.5. The third-order valence-electron chi connectivity index (χ3n) is 2.98. The van der Waals surface area contributed by atoms with Gasteiger partial charge in [0.25, 0.3) is 5.91 Å². The first kappa shape index (κ1) is 15.2. The van der Waals surface area contributed by atoms with Gasteiger partial charge < -0.3 is 15.2 Å². The third kappa shape index (κ3) is 3.28. The van der Waals surface area contributed by atoms with Crippen LogP contribution in [0.15, 0.2) is 29.6 Å². The molecule has 0 aliphatic carbocycles. The number of benzene rings is 1. The first-order valence-corrected chi connectivity index (χ1v) is 7.17. The van der Waals surface area contributed by atoms with Crippen molar-refractivity contribution >= 4 is 28.2 Å². The molecule has 2 aromatic rings. The fraction of sp³-hybridized carbons (Fsp3) is 0.200. The molecule has 0 unspecified atom stereocenters. The van der Waals surface area contributed by atoms with Gasteiger partial charge in [-0.3, -0.25) is 4.79 Å². The molecule has 1 N–H and O–H groups in total. The lowest BCUT2D eigenvalue weighted by Crippen LogP contribution is -2.25. The number of carboxylic acids is 1. The lowest BCUT2D eigenvalue weighted by Gasteiger charge is -2.11. The van der Waals surface area contributed by atoms with Gasteiger partial charge in [0.15, 0.2) is 0 Å². The van der Waals surface area contributed by atoms with Crippen LogP contribution < -0.4 is 10.4 Å². The first-order chi connectivity index (χ1) is 9.90. The molecule has 1 amide bonds. The number of aromatic carboxylic acids is 1. The highest BCUT2D eigenvalue weighted by Crippen LogP contribution is 2.32. The number of halogens is 1. The van der Waals surface area contributed by atoms with E-state index in [9.17, 15) is 19.1 Å². The molecule has 0 radical (unpaired) electrons. The van der Waals surface area contributed by atoms with Gasteiger partial charge in [-0.1, -0.05) is 13.8 Å². The van der Waals surface area contributed by atoms with Crippen molar-refractivity contribution in [1.29, 1.82) is 0 Å². The summed E-state index contributed by atoms with van der Waals surface area (Å²) in [6, 6.07) is 5.01. The number of anilines is 1. The molecule has 1 heterocycles. The minimum atomic E-state index is -1.32. The average molecular weight is 306 g/mol. The molecule has 0 aliphatic rings. The predicted octanol–water partition coefficient (Wildman–Crippen LogP) is 2.63. The summed E-state index contributed by atoms with van der Waals surface area (Å²) >= 11 is 1.13. The Morgan fingerprint density at radius 2 is 1.86 bits per heavy atom. The fourth-order valence-corrected chi connectivity index (χ4v) is 2.98. The highest BCUT2D eigenvalue weighted by atomic mass is 32.1. The van der Waals surface area contributed by atoms with Gasteiger partial charge in [-0.25, -0.2) is 4.39 Å².